The van der Waals surface area contributed by atoms with E-state index in [-0.39, 0.29) is 24.4 Å². The van der Waals surface area contributed by atoms with Gasteiger partial charge < -0.3 is 10.1 Å². The van der Waals surface area contributed by atoms with Gasteiger partial charge in [-0.15, -0.1) is 24.2 Å². The van der Waals surface area contributed by atoms with Crippen LogP contribution in [0, 0.1) is 0 Å². The molecule has 0 radical (unpaired) electrons. The number of nitrogens with one attached hydrogen (secondary N) is 2. The summed E-state index contributed by atoms with van der Waals surface area (Å²) >= 11 is 1.66. The van der Waals surface area contributed by atoms with E-state index in [1.54, 1.807) is 18.7 Å². The minimum Gasteiger partial charge on any atom is -0.467 e. The van der Waals surface area contributed by atoms with Crippen molar-refractivity contribution in [1.82, 2.24) is 10.6 Å². The Balaban J connectivity index is 0.00000196. The smallest absolute Gasteiger partial charge is 0.328 e. The average molecular weight is 255 g/mol. The van der Waals surface area contributed by atoms with Crippen LogP contribution in [0.15, 0.2) is 0 Å². The van der Waals surface area contributed by atoms with Crippen molar-refractivity contribution >= 4 is 36.0 Å². The van der Waals surface area contributed by atoms with Gasteiger partial charge in [-0.2, -0.15) is 0 Å². The van der Waals surface area contributed by atoms with Gasteiger partial charge in [0.2, 0.25) is 5.91 Å². The average Bonchev–Trinajstić information content (AvgIpc) is 2.69. The van der Waals surface area contributed by atoms with Crippen LogP contribution >= 0.6 is 24.2 Å². The Hall–Kier alpha value is -0.460. The van der Waals surface area contributed by atoms with E-state index in [9.17, 15) is 9.59 Å². The van der Waals surface area contributed by atoms with Crippen molar-refractivity contribution in [2.24, 2.45) is 0 Å². The Morgan fingerprint density at radius 1 is 1.60 bits per heavy atom. The summed E-state index contributed by atoms with van der Waals surface area (Å²) in [5.74, 6) is 0.960. The van der Waals surface area contributed by atoms with E-state index >= 15 is 0 Å². The molecule has 1 rings (SSSR count). The predicted molar refractivity (Wildman–Crippen MR) is 61.1 cm³/mol. The highest BCUT2D eigenvalue weighted by Crippen LogP contribution is 2.09. The standard InChI is InChI=1S/C8H14N2O3S.ClH/c1-5(8(12)13-2)10-7(11)6-3-14-4-9-6;/h5-6,9H,3-4H2,1-2H3,(H,10,11);1H. The molecular weight excluding hydrogens is 240 g/mol. The molecule has 2 unspecified atom stereocenters. The second kappa shape index (κ2) is 6.92. The summed E-state index contributed by atoms with van der Waals surface area (Å²) in [6.45, 7) is 1.60. The number of thioether (sulfide) groups is 1. The van der Waals surface area contributed by atoms with Crippen LogP contribution in [-0.2, 0) is 14.3 Å². The number of halogens is 1. The Morgan fingerprint density at radius 2 is 2.27 bits per heavy atom. The van der Waals surface area contributed by atoms with Crippen molar-refractivity contribution < 1.29 is 14.3 Å². The fourth-order valence-electron chi connectivity index (χ4n) is 1.11. The summed E-state index contributed by atoms with van der Waals surface area (Å²) < 4.78 is 4.50. The molecule has 0 aromatic rings. The minimum atomic E-state index is -0.583. The van der Waals surface area contributed by atoms with E-state index in [0.29, 0.717) is 0 Å². The van der Waals surface area contributed by atoms with Crippen molar-refractivity contribution in [2.45, 2.75) is 19.0 Å². The number of methoxy groups -OCH3 is 1. The van der Waals surface area contributed by atoms with Gasteiger partial charge in [-0.1, -0.05) is 0 Å². The topological polar surface area (TPSA) is 67.4 Å². The number of carbonyl (C=O) groups is 2. The molecule has 1 saturated heterocycles. The Morgan fingerprint density at radius 3 is 2.73 bits per heavy atom. The van der Waals surface area contributed by atoms with Crippen LogP contribution in [0.5, 0.6) is 0 Å². The van der Waals surface area contributed by atoms with Crippen LogP contribution in [0.1, 0.15) is 6.92 Å². The summed E-state index contributed by atoms with van der Waals surface area (Å²) in [5.41, 5.74) is 0. The Kier molecular flexibility index (Phi) is 6.71. The molecule has 1 fully saturated rings. The molecule has 88 valence electrons. The highest BCUT2D eigenvalue weighted by atomic mass is 35.5. The molecule has 7 heteroatoms. The second-order valence-corrected chi connectivity index (χ2v) is 4.06. The van der Waals surface area contributed by atoms with E-state index in [1.807, 2.05) is 0 Å². The van der Waals surface area contributed by atoms with Crippen LogP contribution in [0.4, 0.5) is 0 Å². The van der Waals surface area contributed by atoms with Gasteiger partial charge in [-0.25, -0.2) is 4.79 Å². The maximum Gasteiger partial charge on any atom is 0.328 e. The normalized spacial score (nSPS) is 21.3. The number of amides is 1. The molecule has 2 atom stereocenters. The van der Waals surface area contributed by atoms with Crippen molar-refractivity contribution in [2.75, 3.05) is 18.7 Å². The molecule has 0 spiro atoms. The lowest BCUT2D eigenvalue weighted by Crippen LogP contribution is -2.48. The molecule has 5 nitrogen and oxygen atoms in total. The molecule has 1 amide bonds. The first-order chi connectivity index (χ1) is 6.65. The molecule has 1 heterocycles. The van der Waals surface area contributed by atoms with Gasteiger partial charge in [0.25, 0.3) is 0 Å². The minimum absolute atomic E-state index is 0. The van der Waals surface area contributed by atoms with Crippen LogP contribution in [-0.4, -0.2) is 42.7 Å². The first-order valence-corrected chi connectivity index (χ1v) is 5.50. The van der Waals surface area contributed by atoms with Gasteiger partial charge in [0.05, 0.1) is 13.2 Å². The summed E-state index contributed by atoms with van der Waals surface area (Å²) in [5, 5.41) is 5.60. The number of hydrogen-bond donors (Lipinski definition) is 2. The predicted octanol–water partition coefficient (Wildman–Crippen LogP) is -0.252. The largest absolute Gasteiger partial charge is 0.467 e. The lowest BCUT2D eigenvalue weighted by Gasteiger charge is -2.14. The van der Waals surface area contributed by atoms with E-state index in [0.717, 1.165) is 11.6 Å². The van der Waals surface area contributed by atoms with E-state index in [1.165, 1.54) is 7.11 Å². The quantitative estimate of drug-likeness (QED) is 0.680. The number of hydrogen-bond acceptors (Lipinski definition) is 5. The molecule has 0 aliphatic carbocycles. The Bertz CT molecular complexity index is 234. The van der Waals surface area contributed by atoms with Crippen molar-refractivity contribution in [1.29, 1.82) is 0 Å². The van der Waals surface area contributed by atoms with Crippen LogP contribution in [0.25, 0.3) is 0 Å². The SMILES string of the molecule is COC(=O)C(C)NC(=O)C1CSCN1.Cl. The van der Waals surface area contributed by atoms with E-state index in [4.69, 9.17) is 0 Å². The zero-order chi connectivity index (χ0) is 10.6. The van der Waals surface area contributed by atoms with E-state index < -0.39 is 12.0 Å². The number of ether oxygens (including phenoxy) is 1. The molecular formula is C8H15ClN2O3S. The van der Waals surface area contributed by atoms with Crippen molar-refractivity contribution in [3.8, 4) is 0 Å². The molecule has 1 aliphatic heterocycles. The summed E-state index contributed by atoms with van der Waals surface area (Å²) in [6.07, 6.45) is 0. The molecule has 0 saturated carbocycles. The monoisotopic (exact) mass is 254 g/mol. The summed E-state index contributed by atoms with van der Waals surface area (Å²) in [6, 6.07) is -0.771. The van der Waals surface area contributed by atoms with Gasteiger partial charge in [0.15, 0.2) is 0 Å². The molecule has 1 aliphatic rings. The maximum absolute atomic E-state index is 11.5. The molecule has 0 aromatic carbocycles. The highest BCUT2D eigenvalue weighted by Gasteiger charge is 2.25. The molecule has 15 heavy (non-hydrogen) atoms. The van der Waals surface area contributed by atoms with Gasteiger partial charge in [0, 0.05) is 11.6 Å². The van der Waals surface area contributed by atoms with Gasteiger partial charge >= 0.3 is 5.97 Å². The molecule has 0 aromatic heterocycles. The Labute approximate surface area is 99.1 Å². The van der Waals surface area contributed by atoms with E-state index in [2.05, 4.69) is 15.4 Å². The lowest BCUT2D eigenvalue weighted by atomic mass is 10.2. The lowest BCUT2D eigenvalue weighted by molar-refractivity contribution is -0.144. The second-order valence-electron chi connectivity index (χ2n) is 3.03. The fourth-order valence-corrected chi connectivity index (χ4v) is 2.06. The number of esters is 1. The first-order valence-electron chi connectivity index (χ1n) is 4.34. The van der Waals surface area contributed by atoms with Gasteiger partial charge in [-0.05, 0) is 6.92 Å². The third kappa shape index (κ3) is 4.27. The van der Waals surface area contributed by atoms with Crippen LogP contribution in [0.2, 0.25) is 0 Å². The van der Waals surface area contributed by atoms with Crippen LogP contribution < -0.4 is 10.6 Å². The third-order valence-electron chi connectivity index (χ3n) is 1.95. The zero-order valence-corrected chi connectivity index (χ0v) is 10.2. The number of carbonyl (C=O) groups excluding carboxylic acids is 2. The summed E-state index contributed by atoms with van der Waals surface area (Å²) in [7, 11) is 1.30. The third-order valence-corrected chi connectivity index (χ3v) is 2.89. The van der Waals surface area contributed by atoms with Crippen molar-refractivity contribution in [3.63, 3.8) is 0 Å². The fraction of sp³-hybridized carbons (Fsp3) is 0.750. The van der Waals surface area contributed by atoms with Gasteiger partial charge in [-0.3, -0.25) is 10.1 Å². The van der Waals surface area contributed by atoms with Gasteiger partial charge in [0.1, 0.15) is 6.04 Å². The summed E-state index contributed by atoms with van der Waals surface area (Å²) in [4.78, 5) is 22.5. The molecule has 0 bridgehead atoms. The molecule has 2 N–H and O–H groups in total. The van der Waals surface area contributed by atoms with Crippen LogP contribution in [0.3, 0.4) is 0 Å². The first kappa shape index (κ1) is 14.5. The van der Waals surface area contributed by atoms with Crippen molar-refractivity contribution in [3.05, 3.63) is 0 Å². The highest BCUT2D eigenvalue weighted by molar-refractivity contribution is 7.99. The maximum atomic E-state index is 11.5. The zero-order valence-electron chi connectivity index (χ0n) is 8.61. The number of rotatable bonds is 3.